The molecule has 52 heavy (non-hydrogen) atoms. The van der Waals surface area contributed by atoms with Crippen LogP contribution in [0, 0.1) is 6.92 Å². The van der Waals surface area contributed by atoms with E-state index in [1.54, 1.807) is 0 Å². The lowest BCUT2D eigenvalue weighted by Gasteiger charge is -2.11. The Bertz CT molecular complexity index is 3170. The molecule has 3 heterocycles. The van der Waals surface area contributed by atoms with E-state index in [-0.39, 0.29) is 0 Å². The smallest absolute Gasteiger partial charge is 0.0547 e. The molecule has 0 radical (unpaired) electrons. The summed E-state index contributed by atoms with van der Waals surface area (Å²) in [6, 6.07) is 66.7. The molecule has 0 saturated carbocycles. The van der Waals surface area contributed by atoms with E-state index in [1.165, 1.54) is 93.5 Å². The predicted molar refractivity (Wildman–Crippen MR) is 220 cm³/mol. The zero-order valence-corrected chi connectivity index (χ0v) is 28.7. The molecule has 0 fully saturated rings. The number of nitrogens with zero attached hydrogens (tertiary/aromatic N) is 3. The number of aromatic nitrogens is 3. The normalized spacial score (nSPS) is 11.9. The lowest BCUT2D eigenvalue weighted by molar-refractivity contribution is 1.17. The predicted octanol–water partition coefficient (Wildman–Crippen LogP) is 13.0. The van der Waals surface area contributed by atoms with Gasteiger partial charge in [0.05, 0.1) is 33.1 Å². The fraction of sp³-hybridized carbons (Fsp3) is 0.0204. The number of para-hydroxylation sites is 4. The van der Waals surface area contributed by atoms with Gasteiger partial charge in [-0.25, -0.2) is 0 Å². The van der Waals surface area contributed by atoms with Crippen LogP contribution >= 0.6 is 0 Å². The van der Waals surface area contributed by atoms with Crippen LogP contribution < -0.4 is 0 Å². The maximum Gasteiger partial charge on any atom is 0.0547 e. The standard InChI is InChI=1S/C49H33N3/c1-32-19-23-36(24-20-32)51-45-17-9-6-14-39(45)42-29-33(22-27-47(42)51)34-21-26-41-38-13-5-8-16-44(38)52(49(41)30-34)37-25-28-48-43(31-37)40-15-7-10-18-46(40)50(48)35-11-3-2-4-12-35/h2-31H,1H3. The van der Waals surface area contributed by atoms with Crippen molar-refractivity contribution < 1.29 is 0 Å². The fourth-order valence-electron chi connectivity index (χ4n) is 8.51. The highest BCUT2D eigenvalue weighted by atomic mass is 15.0. The van der Waals surface area contributed by atoms with E-state index in [1.807, 2.05) is 0 Å². The SMILES string of the molecule is Cc1ccc(-n2c3ccccc3c3cc(-c4ccc5c6ccccc6n(-c6ccc7c(c6)c6ccccc6n7-c6ccccc6)c5c4)ccc32)cc1. The van der Waals surface area contributed by atoms with Gasteiger partial charge in [0.15, 0.2) is 0 Å². The van der Waals surface area contributed by atoms with E-state index in [2.05, 4.69) is 203 Å². The summed E-state index contributed by atoms with van der Waals surface area (Å²) in [5, 5.41) is 7.53. The van der Waals surface area contributed by atoms with Crippen molar-refractivity contribution in [2.45, 2.75) is 6.92 Å². The summed E-state index contributed by atoms with van der Waals surface area (Å²) in [7, 11) is 0. The minimum Gasteiger partial charge on any atom is -0.309 e. The van der Waals surface area contributed by atoms with Crippen molar-refractivity contribution in [1.29, 1.82) is 0 Å². The number of hydrogen-bond acceptors (Lipinski definition) is 0. The Morgan fingerprint density at radius 2 is 0.692 bits per heavy atom. The second-order valence-corrected chi connectivity index (χ2v) is 13.9. The summed E-state index contributed by atoms with van der Waals surface area (Å²) in [6.07, 6.45) is 0. The van der Waals surface area contributed by atoms with E-state index in [0.717, 1.165) is 5.69 Å². The first-order valence-corrected chi connectivity index (χ1v) is 17.9. The Kier molecular flexibility index (Phi) is 6.17. The molecule has 0 amide bonds. The number of hydrogen-bond donors (Lipinski definition) is 0. The largest absolute Gasteiger partial charge is 0.309 e. The molecular formula is C49H33N3. The van der Waals surface area contributed by atoms with Crippen LogP contribution in [0.25, 0.3) is 93.6 Å². The Morgan fingerprint density at radius 3 is 1.35 bits per heavy atom. The third-order valence-electron chi connectivity index (χ3n) is 10.9. The van der Waals surface area contributed by atoms with Gasteiger partial charge in [0.1, 0.15) is 0 Å². The third-order valence-corrected chi connectivity index (χ3v) is 10.9. The Balaban J connectivity index is 1.12. The summed E-state index contributed by atoms with van der Waals surface area (Å²) >= 11 is 0. The van der Waals surface area contributed by atoms with Crippen LogP contribution in [0.2, 0.25) is 0 Å². The summed E-state index contributed by atoms with van der Waals surface area (Å²) < 4.78 is 7.22. The first kappa shape index (κ1) is 28.9. The molecule has 8 aromatic carbocycles. The highest BCUT2D eigenvalue weighted by molar-refractivity contribution is 6.14. The quantitative estimate of drug-likeness (QED) is 0.178. The van der Waals surface area contributed by atoms with Crippen LogP contribution in [0.15, 0.2) is 182 Å². The molecule has 3 nitrogen and oxygen atoms in total. The lowest BCUT2D eigenvalue weighted by atomic mass is 10.0. The van der Waals surface area contributed by atoms with Crippen molar-refractivity contribution in [3.05, 3.63) is 188 Å². The van der Waals surface area contributed by atoms with Crippen molar-refractivity contribution in [1.82, 2.24) is 13.7 Å². The van der Waals surface area contributed by atoms with Gasteiger partial charge in [-0.3, -0.25) is 0 Å². The number of rotatable bonds is 4. The van der Waals surface area contributed by atoms with Gasteiger partial charge in [-0.1, -0.05) is 109 Å². The highest BCUT2D eigenvalue weighted by Crippen LogP contribution is 2.40. The molecule has 0 N–H and O–H groups in total. The van der Waals surface area contributed by atoms with Gasteiger partial charge in [-0.2, -0.15) is 0 Å². The van der Waals surface area contributed by atoms with Crippen molar-refractivity contribution in [3.63, 3.8) is 0 Å². The molecule has 11 rings (SSSR count). The van der Waals surface area contributed by atoms with Gasteiger partial charge in [-0.05, 0) is 96.9 Å². The molecule has 0 bridgehead atoms. The molecule has 0 aliphatic heterocycles. The first-order chi connectivity index (χ1) is 25.7. The van der Waals surface area contributed by atoms with Crippen LogP contribution in [0.5, 0.6) is 0 Å². The van der Waals surface area contributed by atoms with Gasteiger partial charge in [0, 0.05) is 49.4 Å². The van der Waals surface area contributed by atoms with E-state index in [9.17, 15) is 0 Å². The molecule has 244 valence electrons. The minimum atomic E-state index is 1.16. The molecule has 0 atom stereocenters. The molecule has 3 aromatic heterocycles. The zero-order valence-electron chi connectivity index (χ0n) is 28.7. The number of aryl methyl sites for hydroxylation is 1. The average molecular weight is 664 g/mol. The Hall–Kier alpha value is -6.84. The summed E-state index contributed by atoms with van der Waals surface area (Å²) in [5.41, 5.74) is 14.4. The van der Waals surface area contributed by atoms with Crippen molar-refractivity contribution >= 4 is 65.4 Å². The molecule has 0 saturated heterocycles. The van der Waals surface area contributed by atoms with E-state index >= 15 is 0 Å². The lowest BCUT2D eigenvalue weighted by Crippen LogP contribution is -1.96. The van der Waals surface area contributed by atoms with Gasteiger partial charge in [0.2, 0.25) is 0 Å². The van der Waals surface area contributed by atoms with Crippen LogP contribution in [-0.4, -0.2) is 13.7 Å². The Morgan fingerprint density at radius 1 is 0.269 bits per heavy atom. The van der Waals surface area contributed by atoms with Crippen molar-refractivity contribution in [2.75, 3.05) is 0 Å². The van der Waals surface area contributed by atoms with E-state index in [4.69, 9.17) is 0 Å². The molecule has 0 aliphatic carbocycles. The summed E-state index contributed by atoms with van der Waals surface area (Å²) in [6.45, 7) is 2.14. The molecule has 0 spiro atoms. The van der Waals surface area contributed by atoms with Gasteiger partial charge in [0.25, 0.3) is 0 Å². The van der Waals surface area contributed by atoms with Gasteiger partial charge < -0.3 is 13.7 Å². The molecule has 3 heteroatoms. The molecular weight excluding hydrogens is 631 g/mol. The monoisotopic (exact) mass is 663 g/mol. The zero-order chi connectivity index (χ0) is 34.3. The summed E-state index contributed by atoms with van der Waals surface area (Å²) in [4.78, 5) is 0. The van der Waals surface area contributed by atoms with Gasteiger partial charge >= 0.3 is 0 Å². The number of benzene rings is 8. The fourth-order valence-corrected chi connectivity index (χ4v) is 8.51. The van der Waals surface area contributed by atoms with Crippen LogP contribution in [0.4, 0.5) is 0 Å². The first-order valence-electron chi connectivity index (χ1n) is 17.9. The van der Waals surface area contributed by atoms with Crippen LogP contribution in [0.1, 0.15) is 5.56 Å². The molecule has 0 unspecified atom stereocenters. The van der Waals surface area contributed by atoms with E-state index < -0.39 is 0 Å². The van der Waals surface area contributed by atoms with Crippen molar-refractivity contribution in [3.8, 4) is 28.2 Å². The van der Waals surface area contributed by atoms with E-state index in [0.29, 0.717) is 0 Å². The third kappa shape index (κ3) is 4.20. The highest BCUT2D eigenvalue weighted by Gasteiger charge is 2.18. The average Bonchev–Trinajstić information content (AvgIpc) is 3.83. The summed E-state index contributed by atoms with van der Waals surface area (Å²) in [5.74, 6) is 0. The molecule has 11 aromatic rings. The second-order valence-electron chi connectivity index (χ2n) is 13.9. The van der Waals surface area contributed by atoms with Gasteiger partial charge in [-0.15, -0.1) is 0 Å². The van der Waals surface area contributed by atoms with Crippen molar-refractivity contribution in [2.24, 2.45) is 0 Å². The second kappa shape index (κ2) is 11.1. The maximum atomic E-state index is 2.45. The minimum absolute atomic E-state index is 1.16. The molecule has 0 aliphatic rings. The topological polar surface area (TPSA) is 14.8 Å². The Labute approximate surface area is 300 Å². The number of fused-ring (bicyclic) bond motifs is 9. The maximum absolute atomic E-state index is 2.45. The van der Waals surface area contributed by atoms with Crippen LogP contribution in [0.3, 0.4) is 0 Å². The van der Waals surface area contributed by atoms with Crippen LogP contribution in [-0.2, 0) is 0 Å².